The predicted molar refractivity (Wildman–Crippen MR) is 112 cm³/mol. The molecule has 1 saturated carbocycles. The number of aromatic nitrogens is 2. The molecular formula is C20H24FN3O2S2. The summed E-state index contributed by atoms with van der Waals surface area (Å²) in [6.07, 6.45) is 7.65. The maximum absolute atomic E-state index is 13.1. The molecule has 8 heteroatoms. The van der Waals surface area contributed by atoms with Gasteiger partial charge < -0.3 is 10.1 Å². The number of rotatable bonds is 7. The number of carbonyl (C=O) groups is 1. The number of methoxy groups -OCH3 is 1. The number of esters is 1. The van der Waals surface area contributed by atoms with Crippen molar-refractivity contribution >= 4 is 35.3 Å². The van der Waals surface area contributed by atoms with Crippen LogP contribution in [0.15, 0.2) is 34.4 Å². The van der Waals surface area contributed by atoms with Gasteiger partial charge in [-0.05, 0) is 36.8 Å². The minimum atomic E-state index is -0.451. The second-order valence-corrected chi connectivity index (χ2v) is 8.36. The van der Waals surface area contributed by atoms with Gasteiger partial charge in [-0.1, -0.05) is 43.2 Å². The number of halogens is 1. The number of anilines is 1. The standard InChI is InChI=1S/C20H24FN3O2S2/c1-26-19(25)16-17(22-15-6-4-3-5-7-15)23-20(27-2)24-18(16)28-12-13-8-10-14(21)11-9-13/h8-11,15H,3-7,12H2,1-2H3,(H,22,23,24). The van der Waals surface area contributed by atoms with Crippen molar-refractivity contribution in [1.29, 1.82) is 0 Å². The highest BCUT2D eigenvalue weighted by atomic mass is 32.2. The summed E-state index contributed by atoms with van der Waals surface area (Å²) in [6, 6.07) is 6.63. The van der Waals surface area contributed by atoms with Crippen LogP contribution in [0.5, 0.6) is 0 Å². The second-order valence-electron chi connectivity index (χ2n) is 6.63. The first-order chi connectivity index (χ1) is 13.6. The van der Waals surface area contributed by atoms with Crippen molar-refractivity contribution in [1.82, 2.24) is 9.97 Å². The Morgan fingerprint density at radius 2 is 1.93 bits per heavy atom. The van der Waals surface area contributed by atoms with Gasteiger partial charge in [0.15, 0.2) is 5.16 Å². The van der Waals surface area contributed by atoms with Crippen LogP contribution in [-0.4, -0.2) is 35.3 Å². The number of nitrogens with one attached hydrogen (secondary N) is 1. The van der Waals surface area contributed by atoms with Gasteiger partial charge in [-0.2, -0.15) is 0 Å². The number of carbonyl (C=O) groups excluding carboxylic acids is 1. The summed E-state index contributed by atoms with van der Waals surface area (Å²) in [6.45, 7) is 0. The molecule has 0 unspecified atom stereocenters. The fourth-order valence-electron chi connectivity index (χ4n) is 3.18. The van der Waals surface area contributed by atoms with E-state index >= 15 is 0 Å². The summed E-state index contributed by atoms with van der Waals surface area (Å²) in [5.41, 5.74) is 1.33. The molecule has 1 N–H and O–H groups in total. The monoisotopic (exact) mass is 421 g/mol. The van der Waals surface area contributed by atoms with Gasteiger partial charge in [0.2, 0.25) is 0 Å². The zero-order valence-electron chi connectivity index (χ0n) is 16.0. The third kappa shape index (κ3) is 5.38. The number of ether oxygens (including phenoxy) is 1. The Labute approximate surface area is 173 Å². The summed E-state index contributed by atoms with van der Waals surface area (Å²) in [5.74, 6) is 0.389. The molecule has 3 rings (SSSR count). The minimum absolute atomic E-state index is 0.269. The Kier molecular flexibility index (Phi) is 7.56. The molecule has 0 bridgehead atoms. The predicted octanol–water partition coefficient (Wildman–Crippen LogP) is 5.16. The van der Waals surface area contributed by atoms with Gasteiger partial charge in [0.1, 0.15) is 22.2 Å². The third-order valence-corrected chi connectivity index (χ3v) is 6.26. The lowest BCUT2D eigenvalue weighted by molar-refractivity contribution is 0.0596. The first-order valence-corrected chi connectivity index (χ1v) is 11.5. The fourth-order valence-corrected chi connectivity index (χ4v) is 4.57. The number of benzene rings is 1. The number of nitrogens with zero attached hydrogens (tertiary/aromatic N) is 2. The lowest BCUT2D eigenvalue weighted by atomic mass is 9.95. The Bertz CT molecular complexity index is 812. The molecule has 1 fully saturated rings. The van der Waals surface area contributed by atoms with Crippen LogP contribution < -0.4 is 5.32 Å². The van der Waals surface area contributed by atoms with Crippen molar-refractivity contribution in [3.63, 3.8) is 0 Å². The van der Waals surface area contributed by atoms with E-state index < -0.39 is 5.97 Å². The Hall–Kier alpha value is -1.80. The molecule has 1 aliphatic carbocycles. The Morgan fingerprint density at radius 3 is 2.57 bits per heavy atom. The first-order valence-electron chi connectivity index (χ1n) is 9.29. The van der Waals surface area contributed by atoms with E-state index in [1.807, 2.05) is 6.26 Å². The van der Waals surface area contributed by atoms with Crippen molar-refractivity contribution in [2.24, 2.45) is 0 Å². The molecular weight excluding hydrogens is 397 g/mol. The lowest BCUT2D eigenvalue weighted by Gasteiger charge is -2.24. The van der Waals surface area contributed by atoms with Gasteiger partial charge in [0, 0.05) is 11.8 Å². The molecule has 1 heterocycles. The van der Waals surface area contributed by atoms with Gasteiger partial charge in [0.25, 0.3) is 0 Å². The van der Waals surface area contributed by atoms with Crippen LogP contribution in [0.25, 0.3) is 0 Å². The van der Waals surface area contributed by atoms with Crippen LogP contribution >= 0.6 is 23.5 Å². The van der Waals surface area contributed by atoms with Gasteiger partial charge in [0.05, 0.1) is 7.11 Å². The van der Waals surface area contributed by atoms with E-state index in [-0.39, 0.29) is 5.82 Å². The van der Waals surface area contributed by atoms with E-state index in [9.17, 15) is 9.18 Å². The van der Waals surface area contributed by atoms with Crippen molar-refractivity contribution in [3.8, 4) is 0 Å². The zero-order chi connectivity index (χ0) is 19.9. The third-order valence-electron chi connectivity index (χ3n) is 4.66. The average Bonchev–Trinajstić information content (AvgIpc) is 2.73. The van der Waals surface area contributed by atoms with E-state index in [1.54, 1.807) is 12.1 Å². The second kappa shape index (κ2) is 10.1. The maximum Gasteiger partial charge on any atom is 0.344 e. The molecule has 5 nitrogen and oxygen atoms in total. The molecule has 0 atom stereocenters. The summed E-state index contributed by atoms with van der Waals surface area (Å²) < 4.78 is 18.2. The molecule has 0 aliphatic heterocycles. The van der Waals surface area contributed by atoms with Crippen LogP contribution in [-0.2, 0) is 10.5 Å². The Morgan fingerprint density at radius 1 is 1.21 bits per heavy atom. The molecule has 0 spiro atoms. The summed E-state index contributed by atoms with van der Waals surface area (Å²) in [5, 5.41) is 4.64. The van der Waals surface area contributed by atoms with Gasteiger partial charge in [-0.3, -0.25) is 0 Å². The van der Waals surface area contributed by atoms with E-state index in [0.717, 1.165) is 18.4 Å². The number of hydrogen-bond donors (Lipinski definition) is 1. The molecule has 28 heavy (non-hydrogen) atoms. The molecule has 2 aromatic rings. The number of thioether (sulfide) groups is 2. The summed E-state index contributed by atoms with van der Waals surface area (Å²) >= 11 is 2.86. The highest BCUT2D eigenvalue weighted by Gasteiger charge is 2.24. The van der Waals surface area contributed by atoms with Crippen LogP contribution in [0.1, 0.15) is 48.0 Å². The van der Waals surface area contributed by atoms with E-state index in [0.29, 0.717) is 33.4 Å². The molecule has 0 radical (unpaired) electrons. The van der Waals surface area contributed by atoms with Crippen molar-refractivity contribution in [2.75, 3.05) is 18.7 Å². The quantitative estimate of drug-likeness (QED) is 0.287. The summed E-state index contributed by atoms with van der Waals surface area (Å²) in [4.78, 5) is 21.6. The molecule has 0 saturated heterocycles. The molecule has 1 aromatic heterocycles. The van der Waals surface area contributed by atoms with Crippen molar-refractivity contribution in [2.45, 2.75) is 54.1 Å². The SMILES string of the molecule is COC(=O)c1c(NC2CCCCC2)nc(SC)nc1SCc1ccc(F)cc1. The first kappa shape index (κ1) is 20.9. The van der Waals surface area contributed by atoms with E-state index in [1.165, 1.54) is 62.0 Å². The average molecular weight is 422 g/mol. The highest BCUT2D eigenvalue weighted by Crippen LogP contribution is 2.32. The zero-order valence-corrected chi connectivity index (χ0v) is 17.7. The van der Waals surface area contributed by atoms with E-state index in [4.69, 9.17) is 4.74 Å². The van der Waals surface area contributed by atoms with E-state index in [2.05, 4.69) is 15.3 Å². The molecule has 0 amide bonds. The normalized spacial score (nSPS) is 14.7. The lowest BCUT2D eigenvalue weighted by Crippen LogP contribution is -2.25. The largest absolute Gasteiger partial charge is 0.465 e. The van der Waals surface area contributed by atoms with Gasteiger partial charge in [-0.15, -0.1) is 11.8 Å². The molecule has 1 aromatic carbocycles. The molecule has 1 aliphatic rings. The summed E-state index contributed by atoms with van der Waals surface area (Å²) in [7, 11) is 1.36. The smallest absolute Gasteiger partial charge is 0.344 e. The van der Waals surface area contributed by atoms with Gasteiger partial charge in [-0.25, -0.2) is 19.2 Å². The maximum atomic E-state index is 13.1. The minimum Gasteiger partial charge on any atom is -0.465 e. The van der Waals surface area contributed by atoms with Crippen LogP contribution in [0.4, 0.5) is 10.2 Å². The van der Waals surface area contributed by atoms with Crippen LogP contribution in [0.3, 0.4) is 0 Å². The highest BCUT2D eigenvalue weighted by molar-refractivity contribution is 7.99. The Balaban J connectivity index is 1.90. The van der Waals surface area contributed by atoms with Gasteiger partial charge >= 0.3 is 5.97 Å². The van der Waals surface area contributed by atoms with Crippen molar-refractivity contribution in [3.05, 3.63) is 41.2 Å². The van der Waals surface area contributed by atoms with Crippen LogP contribution in [0, 0.1) is 5.82 Å². The fraction of sp³-hybridized carbons (Fsp3) is 0.450. The van der Waals surface area contributed by atoms with Crippen molar-refractivity contribution < 1.29 is 13.9 Å². The molecule has 150 valence electrons. The topological polar surface area (TPSA) is 64.1 Å². The van der Waals surface area contributed by atoms with Crippen LogP contribution in [0.2, 0.25) is 0 Å². The number of hydrogen-bond acceptors (Lipinski definition) is 7.